The van der Waals surface area contributed by atoms with Gasteiger partial charge in [0.1, 0.15) is 5.82 Å². The van der Waals surface area contributed by atoms with Crippen molar-refractivity contribution in [1.29, 1.82) is 0 Å². The van der Waals surface area contributed by atoms with Crippen molar-refractivity contribution in [3.63, 3.8) is 0 Å². The first-order valence-corrected chi connectivity index (χ1v) is 7.44. The van der Waals surface area contributed by atoms with E-state index in [0.717, 1.165) is 6.42 Å². The van der Waals surface area contributed by atoms with Gasteiger partial charge in [-0.15, -0.1) is 0 Å². The van der Waals surface area contributed by atoms with E-state index in [4.69, 9.17) is 0 Å². The van der Waals surface area contributed by atoms with Crippen LogP contribution >= 0.6 is 0 Å². The number of amides is 1. The van der Waals surface area contributed by atoms with Crippen molar-refractivity contribution in [2.24, 2.45) is 0 Å². The van der Waals surface area contributed by atoms with E-state index in [9.17, 15) is 9.18 Å². The Balaban J connectivity index is 1.65. The Labute approximate surface area is 120 Å². The predicted octanol–water partition coefficient (Wildman–Crippen LogP) is 3.77. The molecule has 0 radical (unpaired) electrons. The maximum atomic E-state index is 13.4. The number of allylic oxidation sites excluding steroid dienone is 1. The summed E-state index contributed by atoms with van der Waals surface area (Å²) in [7, 11) is 0. The molecule has 0 spiro atoms. The number of nitrogens with one attached hydrogen (secondary N) is 1. The van der Waals surface area contributed by atoms with Crippen LogP contribution in [0.4, 0.5) is 4.39 Å². The number of benzene rings is 1. The highest BCUT2D eigenvalue weighted by molar-refractivity contribution is 5.76. The predicted molar refractivity (Wildman–Crippen MR) is 78.9 cm³/mol. The zero-order chi connectivity index (χ0) is 14.2. The Morgan fingerprint density at radius 2 is 2.05 bits per heavy atom. The van der Waals surface area contributed by atoms with Crippen LogP contribution in [0.1, 0.15) is 44.1 Å². The van der Waals surface area contributed by atoms with Crippen LogP contribution in [0.5, 0.6) is 0 Å². The van der Waals surface area contributed by atoms with Gasteiger partial charge in [-0.1, -0.05) is 29.8 Å². The normalized spacial score (nSPS) is 14.8. The van der Waals surface area contributed by atoms with Crippen LogP contribution in [0.2, 0.25) is 0 Å². The van der Waals surface area contributed by atoms with Crippen molar-refractivity contribution in [1.82, 2.24) is 5.32 Å². The van der Waals surface area contributed by atoms with Crippen LogP contribution in [0, 0.1) is 5.82 Å². The van der Waals surface area contributed by atoms with Crippen molar-refractivity contribution >= 4 is 5.91 Å². The molecule has 1 aliphatic rings. The van der Waals surface area contributed by atoms with Crippen LogP contribution in [0.25, 0.3) is 0 Å². The second kappa shape index (κ2) is 7.83. The fraction of sp³-hybridized carbons (Fsp3) is 0.471. The molecule has 0 saturated heterocycles. The van der Waals surface area contributed by atoms with Gasteiger partial charge in [0.05, 0.1) is 0 Å². The lowest BCUT2D eigenvalue weighted by Crippen LogP contribution is -2.25. The molecule has 0 atom stereocenters. The Hall–Kier alpha value is -1.64. The van der Waals surface area contributed by atoms with Gasteiger partial charge in [-0.05, 0) is 50.2 Å². The lowest BCUT2D eigenvalue weighted by molar-refractivity contribution is -0.121. The highest BCUT2D eigenvalue weighted by atomic mass is 19.1. The minimum absolute atomic E-state index is 0.00432. The third kappa shape index (κ3) is 4.80. The minimum atomic E-state index is -0.229. The van der Waals surface area contributed by atoms with E-state index in [-0.39, 0.29) is 11.7 Å². The molecule has 1 aromatic carbocycles. The molecule has 1 aliphatic carbocycles. The van der Waals surface area contributed by atoms with Gasteiger partial charge in [0.2, 0.25) is 5.91 Å². The second-order valence-corrected chi connectivity index (χ2v) is 5.30. The average Bonchev–Trinajstić information content (AvgIpc) is 2.47. The summed E-state index contributed by atoms with van der Waals surface area (Å²) in [6, 6.07) is 6.63. The van der Waals surface area contributed by atoms with Gasteiger partial charge in [-0.3, -0.25) is 4.79 Å². The van der Waals surface area contributed by atoms with E-state index < -0.39 is 0 Å². The third-order valence-electron chi connectivity index (χ3n) is 3.73. The summed E-state index contributed by atoms with van der Waals surface area (Å²) in [5.41, 5.74) is 2.07. The standard InChI is InChI=1S/C17H22FNO/c18-16-9-5-4-8-15(16)10-11-17(20)19-13-12-14-6-2-1-3-7-14/h4-6,8-9H,1-3,7,10-13H2,(H,19,20). The lowest BCUT2D eigenvalue weighted by Gasteiger charge is -2.13. The lowest BCUT2D eigenvalue weighted by atomic mass is 9.97. The minimum Gasteiger partial charge on any atom is -0.356 e. The molecule has 0 heterocycles. The SMILES string of the molecule is O=C(CCc1ccccc1F)NCCC1=CCCCC1. The molecule has 1 aromatic rings. The van der Waals surface area contributed by atoms with Gasteiger partial charge in [0, 0.05) is 13.0 Å². The molecule has 20 heavy (non-hydrogen) atoms. The molecule has 0 bridgehead atoms. The molecule has 0 saturated carbocycles. The van der Waals surface area contributed by atoms with E-state index in [1.165, 1.54) is 37.3 Å². The Kier molecular flexibility index (Phi) is 5.78. The zero-order valence-corrected chi connectivity index (χ0v) is 11.8. The number of hydrogen-bond donors (Lipinski definition) is 1. The smallest absolute Gasteiger partial charge is 0.220 e. The van der Waals surface area contributed by atoms with Crippen LogP contribution in [0.3, 0.4) is 0 Å². The zero-order valence-electron chi connectivity index (χ0n) is 11.8. The van der Waals surface area contributed by atoms with E-state index >= 15 is 0 Å². The first kappa shape index (κ1) is 14.8. The Morgan fingerprint density at radius 3 is 2.80 bits per heavy atom. The quantitative estimate of drug-likeness (QED) is 0.787. The van der Waals surface area contributed by atoms with Crippen molar-refractivity contribution in [2.75, 3.05) is 6.54 Å². The highest BCUT2D eigenvalue weighted by Gasteiger charge is 2.07. The molecule has 0 fully saturated rings. The summed E-state index contributed by atoms with van der Waals surface area (Å²) in [6.07, 6.45) is 8.97. The largest absolute Gasteiger partial charge is 0.356 e. The molecule has 3 heteroatoms. The van der Waals surface area contributed by atoms with Crippen molar-refractivity contribution in [2.45, 2.75) is 44.9 Å². The van der Waals surface area contributed by atoms with Crippen molar-refractivity contribution in [3.05, 3.63) is 47.3 Å². The summed E-state index contributed by atoms with van der Waals surface area (Å²) in [5, 5.41) is 2.92. The maximum Gasteiger partial charge on any atom is 0.220 e. The van der Waals surface area contributed by atoms with Crippen molar-refractivity contribution < 1.29 is 9.18 Å². The molecule has 0 unspecified atom stereocenters. The van der Waals surface area contributed by atoms with Crippen LogP contribution in [-0.4, -0.2) is 12.5 Å². The molecule has 0 aromatic heterocycles. The number of halogens is 1. The first-order chi connectivity index (χ1) is 9.75. The van der Waals surface area contributed by atoms with Crippen LogP contribution < -0.4 is 5.32 Å². The molecular formula is C17H22FNO. The number of carbonyl (C=O) groups excluding carboxylic acids is 1. The number of carbonyl (C=O) groups is 1. The number of aryl methyl sites for hydroxylation is 1. The average molecular weight is 275 g/mol. The highest BCUT2D eigenvalue weighted by Crippen LogP contribution is 2.19. The van der Waals surface area contributed by atoms with Gasteiger partial charge < -0.3 is 5.32 Å². The summed E-state index contributed by atoms with van der Waals surface area (Å²) in [6.45, 7) is 0.696. The van der Waals surface area contributed by atoms with E-state index in [1.54, 1.807) is 18.2 Å². The summed E-state index contributed by atoms with van der Waals surface area (Å²) >= 11 is 0. The van der Waals surface area contributed by atoms with Gasteiger partial charge in [-0.2, -0.15) is 0 Å². The van der Waals surface area contributed by atoms with Crippen molar-refractivity contribution in [3.8, 4) is 0 Å². The van der Waals surface area contributed by atoms with E-state index in [2.05, 4.69) is 11.4 Å². The molecule has 1 N–H and O–H groups in total. The molecule has 2 rings (SSSR count). The molecule has 2 nitrogen and oxygen atoms in total. The second-order valence-electron chi connectivity index (χ2n) is 5.30. The third-order valence-corrected chi connectivity index (χ3v) is 3.73. The first-order valence-electron chi connectivity index (χ1n) is 7.44. The summed E-state index contributed by atoms with van der Waals surface area (Å²) in [5.74, 6) is -0.225. The fourth-order valence-electron chi connectivity index (χ4n) is 2.53. The van der Waals surface area contributed by atoms with Crippen LogP contribution in [-0.2, 0) is 11.2 Å². The molecule has 108 valence electrons. The van der Waals surface area contributed by atoms with E-state index in [0.29, 0.717) is 24.9 Å². The number of rotatable bonds is 6. The van der Waals surface area contributed by atoms with Gasteiger partial charge >= 0.3 is 0 Å². The topological polar surface area (TPSA) is 29.1 Å². The maximum absolute atomic E-state index is 13.4. The molecule has 0 aliphatic heterocycles. The van der Waals surface area contributed by atoms with Gasteiger partial charge in [-0.25, -0.2) is 4.39 Å². The van der Waals surface area contributed by atoms with E-state index in [1.807, 2.05) is 0 Å². The van der Waals surface area contributed by atoms with Gasteiger partial charge in [0.15, 0.2) is 0 Å². The summed E-state index contributed by atoms with van der Waals surface area (Å²) < 4.78 is 13.4. The Bertz CT molecular complexity index is 482. The Morgan fingerprint density at radius 1 is 1.20 bits per heavy atom. The molecule has 1 amide bonds. The fourth-order valence-corrected chi connectivity index (χ4v) is 2.53. The monoisotopic (exact) mass is 275 g/mol. The van der Waals surface area contributed by atoms with Crippen LogP contribution in [0.15, 0.2) is 35.9 Å². The molecular weight excluding hydrogens is 253 g/mol. The number of hydrogen-bond acceptors (Lipinski definition) is 1. The summed E-state index contributed by atoms with van der Waals surface area (Å²) in [4.78, 5) is 11.7. The van der Waals surface area contributed by atoms with Gasteiger partial charge in [0.25, 0.3) is 0 Å².